The van der Waals surface area contributed by atoms with E-state index < -0.39 is 24.6 Å². The molecule has 104 valence electrons. The minimum atomic E-state index is -1.25. The van der Waals surface area contributed by atoms with E-state index in [0.717, 1.165) is 19.3 Å². The molecule has 4 unspecified atom stereocenters. The van der Waals surface area contributed by atoms with Crippen LogP contribution < -0.4 is 10.6 Å². The number of amides is 2. The van der Waals surface area contributed by atoms with Crippen LogP contribution in [0.3, 0.4) is 0 Å². The van der Waals surface area contributed by atoms with Crippen molar-refractivity contribution in [3.8, 4) is 0 Å². The summed E-state index contributed by atoms with van der Waals surface area (Å²) in [6, 6.07) is -1.70. The summed E-state index contributed by atoms with van der Waals surface area (Å²) < 4.78 is 0. The van der Waals surface area contributed by atoms with Gasteiger partial charge in [0.2, 0.25) is 0 Å². The smallest absolute Gasteiger partial charge is 0.328 e. The van der Waals surface area contributed by atoms with Gasteiger partial charge in [0.05, 0.1) is 6.61 Å². The van der Waals surface area contributed by atoms with E-state index in [1.165, 1.54) is 0 Å². The predicted octanol–water partition coefficient (Wildman–Crippen LogP) is 0.556. The average molecular weight is 258 g/mol. The molecular weight excluding hydrogens is 236 g/mol. The first kappa shape index (κ1) is 14.8. The number of rotatable bonds is 4. The lowest BCUT2D eigenvalue weighted by molar-refractivity contribution is -0.140. The third kappa shape index (κ3) is 3.87. The number of carboxylic acid groups (broad SMARTS) is 1. The summed E-state index contributed by atoms with van der Waals surface area (Å²) in [5, 5.41) is 22.6. The lowest BCUT2D eigenvalue weighted by Crippen LogP contribution is -2.53. The van der Waals surface area contributed by atoms with E-state index in [2.05, 4.69) is 24.5 Å². The molecule has 18 heavy (non-hydrogen) atoms. The SMILES string of the molecule is CC1CCCC(NC(=O)NC(CO)C(=O)O)C1C. The number of carboxylic acids is 1. The van der Waals surface area contributed by atoms with Gasteiger partial charge in [0.25, 0.3) is 0 Å². The molecule has 0 saturated heterocycles. The summed E-state index contributed by atoms with van der Waals surface area (Å²) in [5.41, 5.74) is 0. The van der Waals surface area contributed by atoms with Crippen LogP contribution in [0.1, 0.15) is 33.1 Å². The Morgan fingerprint density at radius 3 is 2.56 bits per heavy atom. The molecule has 0 heterocycles. The summed E-state index contributed by atoms with van der Waals surface area (Å²) in [5.74, 6) is -0.309. The van der Waals surface area contributed by atoms with Gasteiger partial charge in [-0.15, -0.1) is 0 Å². The van der Waals surface area contributed by atoms with Gasteiger partial charge in [0.1, 0.15) is 0 Å². The Kier molecular flexibility index (Phi) is 5.40. The number of urea groups is 1. The van der Waals surface area contributed by atoms with Gasteiger partial charge in [-0.2, -0.15) is 0 Å². The summed E-state index contributed by atoms with van der Waals surface area (Å²) in [6.07, 6.45) is 3.14. The van der Waals surface area contributed by atoms with E-state index in [9.17, 15) is 9.59 Å². The third-order valence-corrected chi connectivity index (χ3v) is 3.81. The Labute approximate surface area is 107 Å². The molecule has 1 aliphatic carbocycles. The molecular formula is C12H22N2O4. The third-order valence-electron chi connectivity index (χ3n) is 3.81. The minimum Gasteiger partial charge on any atom is -0.480 e. The van der Waals surface area contributed by atoms with Gasteiger partial charge in [-0.05, 0) is 18.3 Å². The topological polar surface area (TPSA) is 98.7 Å². The highest BCUT2D eigenvalue weighted by Crippen LogP contribution is 2.29. The number of carbonyl (C=O) groups is 2. The molecule has 1 aliphatic rings. The average Bonchev–Trinajstić information content (AvgIpc) is 2.31. The molecule has 6 heteroatoms. The maximum absolute atomic E-state index is 11.6. The Balaban J connectivity index is 2.46. The molecule has 6 nitrogen and oxygen atoms in total. The summed E-state index contributed by atoms with van der Waals surface area (Å²) in [4.78, 5) is 22.3. The molecule has 0 aliphatic heterocycles. The van der Waals surface area contributed by atoms with Crippen LogP contribution in [0.2, 0.25) is 0 Å². The highest BCUT2D eigenvalue weighted by molar-refractivity contribution is 5.82. The molecule has 0 bridgehead atoms. The molecule has 0 aromatic carbocycles. The second-order valence-electron chi connectivity index (χ2n) is 5.06. The van der Waals surface area contributed by atoms with Crippen LogP contribution in [0.4, 0.5) is 4.79 Å². The molecule has 0 spiro atoms. The van der Waals surface area contributed by atoms with Crippen LogP contribution in [0.5, 0.6) is 0 Å². The number of hydrogen-bond acceptors (Lipinski definition) is 3. The molecule has 0 aromatic heterocycles. The molecule has 0 radical (unpaired) electrons. The largest absolute Gasteiger partial charge is 0.480 e. The second kappa shape index (κ2) is 6.58. The lowest BCUT2D eigenvalue weighted by atomic mass is 9.78. The normalized spacial score (nSPS) is 29.4. The van der Waals surface area contributed by atoms with Crippen molar-refractivity contribution in [2.24, 2.45) is 11.8 Å². The van der Waals surface area contributed by atoms with Crippen molar-refractivity contribution in [2.75, 3.05) is 6.61 Å². The van der Waals surface area contributed by atoms with Gasteiger partial charge in [-0.25, -0.2) is 9.59 Å². The zero-order valence-corrected chi connectivity index (χ0v) is 10.8. The fraction of sp³-hybridized carbons (Fsp3) is 0.833. The van der Waals surface area contributed by atoms with Crippen molar-refractivity contribution in [3.05, 3.63) is 0 Å². The Morgan fingerprint density at radius 1 is 1.33 bits per heavy atom. The van der Waals surface area contributed by atoms with Gasteiger partial charge >= 0.3 is 12.0 Å². The summed E-state index contributed by atoms with van der Waals surface area (Å²) in [7, 11) is 0. The summed E-state index contributed by atoms with van der Waals surface area (Å²) in [6.45, 7) is 3.64. The van der Waals surface area contributed by atoms with Crippen LogP contribution in [0, 0.1) is 11.8 Å². The first-order valence-corrected chi connectivity index (χ1v) is 6.36. The Bertz CT molecular complexity index is 308. The van der Waals surface area contributed by atoms with Gasteiger partial charge in [0.15, 0.2) is 6.04 Å². The quantitative estimate of drug-likeness (QED) is 0.592. The number of hydrogen-bond donors (Lipinski definition) is 4. The van der Waals surface area contributed by atoms with Crippen molar-refractivity contribution in [2.45, 2.75) is 45.2 Å². The maximum atomic E-state index is 11.6. The van der Waals surface area contributed by atoms with Crippen LogP contribution in [0.15, 0.2) is 0 Å². The number of aliphatic hydroxyl groups excluding tert-OH is 1. The van der Waals surface area contributed by atoms with E-state index >= 15 is 0 Å². The van der Waals surface area contributed by atoms with Crippen molar-refractivity contribution >= 4 is 12.0 Å². The van der Waals surface area contributed by atoms with Gasteiger partial charge < -0.3 is 20.8 Å². The summed E-state index contributed by atoms with van der Waals surface area (Å²) >= 11 is 0. The standard InChI is InChI=1S/C12H22N2O4/c1-7-4-3-5-9(8(7)2)13-12(18)14-10(6-15)11(16)17/h7-10,15H,3-6H2,1-2H3,(H,16,17)(H2,13,14,18). The van der Waals surface area contributed by atoms with E-state index in [1.54, 1.807) is 0 Å². The number of nitrogens with one attached hydrogen (secondary N) is 2. The van der Waals surface area contributed by atoms with E-state index in [4.69, 9.17) is 10.2 Å². The first-order chi connectivity index (χ1) is 8.45. The predicted molar refractivity (Wildman–Crippen MR) is 66.1 cm³/mol. The zero-order valence-electron chi connectivity index (χ0n) is 10.8. The second-order valence-corrected chi connectivity index (χ2v) is 5.06. The highest BCUT2D eigenvalue weighted by atomic mass is 16.4. The van der Waals surface area contributed by atoms with Gasteiger partial charge in [-0.1, -0.05) is 26.7 Å². The molecule has 1 rings (SSSR count). The molecule has 4 N–H and O–H groups in total. The highest BCUT2D eigenvalue weighted by Gasteiger charge is 2.29. The monoisotopic (exact) mass is 258 g/mol. The van der Waals surface area contributed by atoms with Crippen molar-refractivity contribution in [1.82, 2.24) is 10.6 Å². The van der Waals surface area contributed by atoms with Gasteiger partial charge in [-0.3, -0.25) is 0 Å². The lowest BCUT2D eigenvalue weighted by Gasteiger charge is -2.34. The number of aliphatic carboxylic acids is 1. The zero-order chi connectivity index (χ0) is 13.7. The van der Waals surface area contributed by atoms with Crippen LogP contribution >= 0.6 is 0 Å². The Hall–Kier alpha value is -1.30. The minimum absolute atomic E-state index is 0.0712. The van der Waals surface area contributed by atoms with Gasteiger partial charge in [0, 0.05) is 6.04 Å². The van der Waals surface area contributed by atoms with E-state index in [-0.39, 0.29) is 6.04 Å². The molecule has 1 saturated carbocycles. The van der Waals surface area contributed by atoms with Crippen LogP contribution in [-0.2, 0) is 4.79 Å². The molecule has 1 fully saturated rings. The van der Waals surface area contributed by atoms with Crippen molar-refractivity contribution in [1.29, 1.82) is 0 Å². The fourth-order valence-corrected chi connectivity index (χ4v) is 2.34. The number of aliphatic hydroxyl groups is 1. The fourth-order valence-electron chi connectivity index (χ4n) is 2.34. The first-order valence-electron chi connectivity index (χ1n) is 6.36. The van der Waals surface area contributed by atoms with E-state index in [0.29, 0.717) is 11.8 Å². The van der Waals surface area contributed by atoms with Crippen LogP contribution in [0.25, 0.3) is 0 Å². The molecule has 4 atom stereocenters. The van der Waals surface area contributed by atoms with E-state index in [1.807, 2.05) is 0 Å². The van der Waals surface area contributed by atoms with Crippen molar-refractivity contribution < 1.29 is 19.8 Å². The number of carbonyl (C=O) groups excluding carboxylic acids is 1. The molecule has 2 amide bonds. The molecule has 0 aromatic rings. The maximum Gasteiger partial charge on any atom is 0.328 e. The Morgan fingerprint density at radius 2 is 2.00 bits per heavy atom. The van der Waals surface area contributed by atoms with Crippen molar-refractivity contribution in [3.63, 3.8) is 0 Å². The van der Waals surface area contributed by atoms with Crippen LogP contribution in [-0.4, -0.2) is 40.9 Å².